The van der Waals surface area contributed by atoms with Crippen molar-refractivity contribution in [3.8, 4) is 11.5 Å². The van der Waals surface area contributed by atoms with E-state index in [4.69, 9.17) is 9.47 Å². The molecule has 164 valence electrons. The molecule has 0 amide bonds. The lowest BCUT2D eigenvalue weighted by atomic mass is 10.2. The number of thiazole rings is 1. The second-order valence-electron chi connectivity index (χ2n) is 6.91. The Labute approximate surface area is 188 Å². The second-order valence-corrected chi connectivity index (χ2v) is 7.98. The molecule has 4 rings (SSSR count). The summed E-state index contributed by atoms with van der Waals surface area (Å²) in [4.78, 5) is 19.3. The first kappa shape index (κ1) is 21.5. The maximum absolute atomic E-state index is 11.1. The van der Waals surface area contributed by atoms with Crippen LogP contribution in [0, 0.1) is 17.0 Å². The van der Waals surface area contributed by atoms with E-state index in [0.717, 1.165) is 20.8 Å². The van der Waals surface area contributed by atoms with Crippen LogP contribution >= 0.6 is 11.3 Å². The van der Waals surface area contributed by atoms with E-state index in [9.17, 15) is 10.1 Å². The summed E-state index contributed by atoms with van der Waals surface area (Å²) >= 11 is 1.64. The maximum Gasteiger partial charge on any atom is 0.342 e. The van der Waals surface area contributed by atoms with E-state index >= 15 is 0 Å². The number of benzene rings is 2. The van der Waals surface area contributed by atoms with Gasteiger partial charge >= 0.3 is 5.82 Å². The van der Waals surface area contributed by atoms with Crippen LogP contribution in [0.15, 0.2) is 48.7 Å². The van der Waals surface area contributed by atoms with Crippen LogP contribution in [0.3, 0.4) is 0 Å². The molecule has 4 aromatic rings. The van der Waals surface area contributed by atoms with E-state index in [1.807, 2.05) is 55.5 Å². The summed E-state index contributed by atoms with van der Waals surface area (Å²) in [7, 11) is 0. The van der Waals surface area contributed by atoms with Gasteiger partial charge in [-0.15, -0.1) is 11.3 Å². The standard InChI is InChI=1S/C23H22N4O4S/c1-3-30-20-14-17(9-11-22-25-18-6-4-5-7-21(18)32-22)8-10-19(20)31-13-12-26-16(2)24-15-23(26)27(28)29/h4-11,14-15H,3,12-13H2,1-2H3/b11-9+. The zero-order valence-corrected chi connectivity index (χ0v) is 18.5. The molecule has 0 N–H and O–H groups in total. The van der Waals surface area contributed by atoms with Crippen LogP contribution in [0.2, 0.25) is 0 Å². The topological polar surface area (TPSA) is 92.3 Å². The Morgan fingerprint density at radius 3 is 2.78 bits per heavy atom. The molecule has 2 aromatic carbocycles. The fraction of sp³-hybridized carbons (Fsp3) is 0.217. The van der Waals surface area contributed by atoms with Gasteiger partial charge < -0.3 is 19.6 Å². The summed E-state index contributed by atoms with van der Waals surface area (Å²) in [5.74, 6) is 1.73. The molecule has 0 unspecified atom stereocenters. The normalized spacial score (nSPS) is 11.3. The maximum atomic E-state index is 11.1. The van der Waals surface area contributed by atoms with Crippen molar-refractivity contribution in [1.29, 1.82) is 0 Å². The zero-order chi connectivity index (χ0) is 22.5. The third-order valence-electron chi connectivity index (χ3n) is 4.79. The predicted octanol–water partition coefficient (Wildman–Crippen LogP) is 5.36. The van der Waals surface area contributed by atoms with Crippen molar-refractivity contribution in [3.63, 3.8) is 0 Å². The van der Waals surface area contributed by atoms with Gasteiger partial charge in [0, 0.05) is 6.92 Å². The minimum absolute atomic E-state index is 0.0496. The molecule has 2 aromatic heterocycles. The molecule has 2 heterocycles. The molecule has 0 aliphatic rings. The summed E-state index contributed by atoms with van der Waals surface area (Å²) in [6.07, 6.45) is 5.23. The zero-order valence-electron chi connectivity index (χ0n) is 17.7. The summed E-state index contributed by atoms with van der Waals surface area (Å²) in [5, 5.41) is 12.1. The van der Waals surface area contributed by atoms with Gasteiger partial charge in [-0.3, -0.25) is 0 Å². The molecule has 0 spiro atoms. The monoisotopic (exact) mass is 450 g/mol. The van der Waals surface area contributed by atoms with Gasteiger partial charge in [-0.05, 0) is 47.8 Å². The lowest BCUT2D eigenvalue weighted by molar-refractivity contribution is -0.392. The molecule has 9 heteroatoms. The molecule has 8 nitrogen and oxygen atoms in total. The number of aromatic nitrogens is 3. The number of imidazole rings is 1. The van der Waals surface area contributed by atoms with Gasteiger partial charge in [-0.25, -0.2) is 14.5 Å². The lowest BCUT2D eigenvalue weighted by Gasteiger charge is -2.12. The van der Waals surface area contributed by atoms with Crippen molar-refractivity contribution in [3.05, 3.63) is 75.2 Å². The van der Waals surface area contributed by atoms with E-state index in [-0.39, 0.29) is 12.4 Å². The van der Waals surface area contributed by atoms with Crippen LogP contribution < -0.4 is 9.47 Å². The smallest absolute Gasteiger partial charge is 0.342 e. The number of nitro groups is 1. The number of hydrogen-bond acceptors (Lipinski definition) is 7. The Hall–Kier alpha value is -3.72. The minimum atomic E-state index is -0.446. The Kier molecular flexibility index (Phi) is 6.46. The number of aryl methyl sites for hydroxylation is 1. The van der Waals surface area contributed by atoms with E-state index < -0.39 is 4.92 Å². The third-order valence-corrected chi connectivity index (χ3v) is 5.79. The Balaban J connectivity index is 1.46. The fourth-order valence-electron chi connectivity index (χ4n) is 3.27. The minimum Gasteiger partial charge on any atom is -0.490 e. The highest BCUT2D eigenvalue weighted by Gasteiger charge is 2.17. The Bertz CT molecular complexity index is 1250. The molecule has 0 saturated heterocycles. The van der Waals surface area contributed by atoms with Crippen molar-refractivity contribution in [2.75, 3.05) is 13.2 Å². The summed E-state index contributed by atoms with van der Waals surface area (Å²) in [6, 6.07) is 13.7. The first-order valence-electron chi connectivity index (χ1n) is 10.1. The van der Waals surface area contributed by atoms with E-state index in [2.05, 4.69) is 16.0 Å². The van der Waals surface area contributed by atoms with Crippen LogP contribution in [0.1, 0.15) is 23.3 Å². The van der Waals surface area contributed by atoms with Crippen molar-refractivity contribution in [1.82, 2.24) is 14.5 Å². The van der Waals surface area contributed by atoms with Gasteiger partial charge in [0.25, 0.3) is 0 Å². The van der Waals surface area contributed by atoms with E-state index in [1.165, 1.54) is 10.8 Å². The molecule has 0 bridgehead atoms. The molecule has 0 aliphatic carbocycles. The first-order chi connectivity index (χ1) is 15.5. The molecule has 0 fully saturated rings. The molecule has 0 aliphatic heterocycles. The lowest BCUT2D eigenvalue weighted by Crippen LogP contribution is -2.12. The van der Waals surface area contributed by atoms with Crippen molar-refractivity contribution in [2.45, 2.75) is 20.4 Å². The molecule has 0 saturated carbocycles. The summed E-state index contributed by atoms with van der Waals surface area (Å²) in [5.41, 5.74) is 1.95. The largest absolute Gasteiger partial charge is 0.490 e. The van der Waals surface area contributed by atoms with E-state index in [0.29, 0.717) is 30.5 Å². The summed E-state index contributed by atoms with van der Waals surface area (Å²) in [6.45, 7) is 4.69. The van der Waals surface area contributed by atoms with Gasteiger partial charge in [-0.1, -0.05) is 24.3 Å². The highest BCUT2D eigenvalue weighted by atomic mass is 32.1. The van der Waals surface area contributed by atoms with Crippen LogP contribution in [0.25, 0.3) is 22.4 Å². The van der Waals surface area contributed by atoms with Gasteiger partial charge in [0.1, 0.15) is 24.4 Å². The van der Waals surface area contributed by atoms with Gasteiger partial charge in [0.2, 0.25) is 0 Å². The summed E-state index contributed by atoms with van der Waals surface area (Å²) < 4.78 is 14.3. The molecular formula is C23H22N4O4S. The van der Waals surface area contributed by atoms with Crippen molar-refractivity contribution < 1.29 is 14.4 Å². The highest BCUT2D eigenvalue weighted by Crippen LogP contribution is 2.30. The highest BCUT2D eigenvalue weighted by molar-refractivity contribution is 7.19. The Morgan fingerprint density at radius 2 is 2.00 bits per heavy atom. The van der Waals surface area contributed by atoms with Crippen LogP contribution in [-0.2, 0) is 6.54 Å². The molecule has 0 radical (unpaired) electrons. The van der Waals surface area contributed by atoms with Crippen molar-refractivity contribution in [2.24, 2.45) is 0 Å². The molecular weight excluding hydrogens is 428 g/mol. The number of para-hydroxylation sites is 1. The number of ether oxygens (including phenoxy) is 2. The van der Waals surface area contributed by atoms with Gasteiger partial charge in [0.05, 0.1) is 16.8 Å². The molecule has 0 atom stereocenters. The number of hydrogen-bond donors (Lipinski definition) is 0. The van der Waals surface area contributed by atoms with Crippen LogP contribution in [0.4, 0.5) is 5.82 Å². The average molecular weight is 451 g/mol. The predicted molar refractivity (Wildman–Crippen MR) is 125 cm³/mol. The van der Waals surface area contributed by atoms with Gasteiger partial charge in [0.15, 0.2) is 17.3 Å². The fourth-order valence-corrected chi connectivity index (χ4v) is 4.14. The third kappa shape index (κ3) is 4.78. The van der Waals surface area contributed by atoms with Gasteiger partial charge in [-0.2, -0.15) is 0 Å². The van der Waals surface area contributed by atoms with E-state index in [1.54, 1.807) is 18.3 Å². The first-order valence-corrected chi connectivity index (χ1v) is 11.0. The number of nitrogens with zero attached hydrogens (tertiary/aromatic N) is 4. The van der Waals surface area contributed by atoms with Crippen molar-refractivity contribution >= 4 is 39.5 Å². The average Bonchev–Trinajstić information content (AvgIpc) is 3.37. The Morgan fingerprint density at radius 1 is 1.16 bits per heavy atom. The van der Waals surface area contributed by atoms with Crippen LogP contribution in [0.5, 0.6) is 11.5 Å². The quantitative estimate of drug-likeness (QED) is 0.252. The molecule has 32 heavy (non-hydrogen) atoms. The second kappa shape index (κ2) is 9.61. The number of fused-ring (bicyclic) bond motifs is 1. The SMILES string of the molecule is CCOc1cc(/C=C/c2nc3ccccc3s2)ccc1OCCn1c([N+](=O)[O-])cnc1C. The van der Waals surface area contributed by atoms with Crippen LogP contribution in [-0.4, -0.2) is 32.7 Å². The number of rotatable bonds is 9.